The molecule has 0 aromatic carbocycles. The van der Waals surface area contributed by atoms with Gasteiger partial charge < -0.3 is 10.6 Å². The Balaban J connectivity index is 3.20. The van der Waals surface area contributed by atoms with Crippen molar-refractivity contribution < 1.29 is 0 Å². The molecule has 0 atom stereocenters. The van der Waals surface area contributed by atoms with Crippen LogP contribution in [0.3, 0.4) is 0 Å². The van der Waals surface area contributed by atoms with Crippen molar-refractivity contribution in [2.75, 3.05) is 23.7 Å². The Morgan fingerprint density at radius 1 is 1.25 bits per heavy atom. The summed E-state index contributed by atoms with van der Waals surface area (Å²) in [7, 11) is 0. The van der Waals surface area contributed by atoms with E-state index in [1.807, 2.05) is 6.92 Å². The van der Waals surface area contributed by atoms with Crippen molar-refractivity contribution >= 4 is 11.6 Å². The smallest absolute Gasteiger partial charge is 0.137 e. The first-order valence-corrected chi connectivity index (χ1v) is 7.12. The van der Waals surface area contributed by atoms with Gasteiger partial charge in [-0.05, 0) is 12.8 Å². The van der Waals surface area contributed by atoms with E-state index in [1.54, 1.807) is 0 Å². The van der Waals surface area contributed by atoms with Crippen LogP contribution in [0.1, 0.15) is 51.4 Å². The molecule has 0 saturated heterocycles. The minimum absolute atomic E-state index is 0.230. The minimum atomic E-state index is 0.230. The summed E-state index contributed by atoms with van der Waals surface area (Å²) in [5.41, 5.74) is 6.91. The van der Waals surface area contributed by atoms with Gasteiger partial charge in [-0.3, -0.25) is 0 Å². The first kappa shape index (κ1) is 16.2. The van der Waals surface area contributed by atoms with E-state index in [2.05, 4.69) is 48.6 Å². The molecule has 0 radical (unpaired) electrons. The number of hydrogen-bond donors (Lipinski definition) is 1. The lowest BCUT2D eigenvalue weighted by atomic mass is 10.1. The summed E-state index contributed by atoms with van der Waals surface area (Å²) < 4.78 is 0. The second-order valence-corrected chi connectivity index (χ2v) is 5.82. The molecule has 0 saturated carbocycles. The van der Waals surface area contributed by atoms with Gasteiger partial charge in [-0.25, -0.2) is 9.97 Å². The summed E-state index contributed by atoms with van der Waals surface area (Å²) in [6, 6.07) is 2.20. The lowest BCUT2D eigenvalue weighted by molar-refractivity contribution is 0.603. The molecule has 2 N–H and O–H groups in total. The first-order chi connectivity index (χ1) is 9.36. The maximum atomic E-state index is 8.83. The number of nitrogen functional groups attached to an aromatic ring is 1. The van der Waals surface area contributed by atoms with Crippen molar-refractivity contribution in [1.82, 2.24) is 9.97 Å². The van der Waals surface area contributed by atoms with Crippen LogP contribution in [0.25, 0.3) is 0 Å². The third kappa shape index (κ3) is 4.09. The highest BCUT2D eigenvalue weighted by Crippen LogP contribution is 2.25. The Bertz CT molecular complexity index is 488. The largest absolute Gasteiger partial charge is 0.383 e. The van der Waals surface area contributed by atoms with E-state index in [0.29, 0.717) is 24.7 Å². The second-order valence-electron chi connectivity index (χ2n) is 5.82. The Morgan fingerprint density at radius 3 is 2.40 bits per heavy atom. The van der Waals surface area contributed by atoms with Crippen molar-refractivity contribution in [3.8, 4) is 6.07 Å². The van der Waals surface area contributed by atoms with E-state index < -0.39 is 0 Å². The van der Waals surface area contributed by atoms with Crippen molar-refractivity contribution in [2.45, 2.75) is 47.0 Å². The van der Waals surface area contributed by atoms with Crippen LogP contribution in [0.5, 0.6) is 0 Å². The van der Waals surface area contributed by atoms with E-state index in [-0.39, 0.29) is 5.92 Å². The summed E-state index contributed by atoms with van der Waals surface area (Å²) in [5, 5.41) is 8.83. The zero-order valence-electron chi connectivity index (χ0n) is 13.1. The molecule has 1 rings (SSSR count). The minimum Gasteiger partial charge on any atom is -0.383 e. The maximum absolute atomic E-state index is 8.83. The fraction of sp³-hybridized carbons (Fsp3) is 0.667. The van der Waals surface area contributed by atoms with Gasteiger partial charge in [-0.2, -0.15) is 5.26 Å². The predicted octanol–water partition coefficient (Wildman–Crippen LogP) is 2.87. The molecule has 1 heterocycles. The van der Waals surface area contributed by atoms with Gasteiger partial charge >= 0.3 is 0 Å². The van der Waals surface area contributed by atoms with Crippen LogP contribution in [0.2, 0.25) is 0 Å². The number of aromatic nitrogens is 2. The van der Waals surface area contributed by atoms with Crippen molar-refractivity contribution in [3.63, 3.8) is 0 Å². The molecule has 110 valence electrons. The van der Waals surface area contributed by atoms with E-state index in [9.17, 15) is 0 Å². The number of nitrogens with two attached hydrogens (primary N) is 1. The van der Waals surface area contributed by atoms with Gasteiger partial charge in [0.2, 0.25) is 0 Å². The van der Waals surface area contributed by atoms with Crippen molar-refractivity contribution in [3.05, 3.63) is 11.4 Å². The zero-order chi connectivity index (χ0) is 15.3. The van der Waals surface area contributed by atoms with E-state index >= 15 is 0 Å². The van der Waals surface area contributed by atoms with Crippen LogP contribution in [0.15, 0.2) is 0 Å². The molecule has 1 aromatic rings. The fourth-order valence-electron chi connectivity index (χ4n) is 2.01. The molecular weight excluding hydrogens is 250 g/mol. The molecular formula is C15H25N5. The predicted molar refractivity (Wildman–Crippen MR) is 82.6 cm³/mol. The molecule has 0 unspecified atom stereocenters. The molecule has 0 bridgehead atoms. The summed E-state index contributed by atoms with van der Waals surface area (Å²) in [5.74, 6) is 2.88. The number of rotatable bonds is 6. The van der Waals surface area contributed by atoms with Crippen LogP contribution in [-0.2, 0) is 0 Å². The summed E-state index contributed by atoms with van der Waals surface area (Å²) in [6.45, 7) is 11.9. The Hall–Kier alpha value is -1.83. The third-order valence-corrected chi connectivity index (χ3v) is 3.07. The van der Waals surface area contributed by atoms with Gasteiger partial charge in [-0.1, -0.05) is 27.7 Å². The molecule has 5 nitrogen and oxygen atoms in total. The van der Waals surface area contributed by atoms with Crippen molar-refractivity contribution in [2.24, 2.45) is 5.92 Å². The summed E-state index contributed by atoms with van der Waals surface area (Å²) in [4.78, 5) is 11.2. The van der Waals surface area contributed by atoms with Gasteiger partial charge in [0.15, 0.2) is 0 Å². The topological polar surface area (TPSA) is 78.8 Å². The number of nitrogens with zero attached hydrogens (tertiary/aromatic N) is 4. The van der Waals surface area contributed by atoms with E-state index in [0.717, 1.165) is 23.8 Å². The first-order valence-electron chi connectivity index (χ1n) is 7.12. The number of anilines is 2. The zero-order valence-corrected chi connectivity index (χ0v) is 13.1. The van der Waals surface area contributed by atoms with Crippen LogP contribution in [0.4, 0.5) is 11.6 Å². The monoisotopic (exact) mass is 275 g/mol. The molecule has 0 aliphatic rings. The SMILES string of the molecule is Cc1c(N)nc(C(C)C)nc1N(CCC#N)CC(C)C. The highest BCUT2D eigenvalue weighted by atomic mass is 15.2. The second kappa shape index (κ2) is 7.09. The molecule has 0 fully saturated rings. The fourth-order valence-corrected chi connectivity index (χ4v) is 2.01. The molecule has 0 amide bonds. The van der Waals surface area contributed by atoms with Gasteiger partial charge in [0.05, 0.1) is 12.5 Å². The van der Waals surface area contributed by atoms with E-state index in [4.69, 9.17) is 11.0 Å². The van der Waals surface area contributed by atoms with Crippen LogP contribution >= 0.6 is 0 Å². The lowest BCUT2D eigenvalue weighted by Gasteiger charge is -2.27. The van der Waals surface area contributed by atoms with Crippen LogP contribution in [0, 0.1) is 24.2 Å². The highest BCUT2D eigenvalue weighted by Gasteiger charge is 2.17. The third-order valence-electron chi connectivity index (χ3n) is 3.07. The standard InChI is InChI=1S/C15H25N5/c1-10(2)9-20(8-6-7-16)15-12(5)13(17)18-14(19-15)11(3)4/h10-11H,6,8-9H2,1-5H3,(H2,17,18,19). The average Bonchev–Trinajstić information content (AvgIpc) is 2.37. The Morgan fingerprint density at radius 2 is 1.90 bits per heavy atom. The molecule has 0 aliphatic carbocycles. The van der Waals surface area contributed by atoms with Gasteiger partial charge in [0, 0.05) is 24.6 Å². The number of nitriles is 1. The van der Waals surface area contributed by atoms with Gasteiger partial charge in [-0.15, -0.1) is 0 Å². The molecule has 5 heteroatoms. The lowest BCUT2D eigenvalue weighted by Crippen LogP contribution is -2.31. The quantitative estimate of drug-likeness (QED) is 0.863. The van der Waals surface area contributed by atoms with Crippen LogP contribution < -0.4 is 10.6 Å². The van der Waals surface area contributed by atoms with Crippen LogP contribution in [-0.4, -0.2) is 23.1 Å². The normalized spacial score (nSPS) is 10.9. The van der Waals surface area contributed by atoms with E-state index in [1.165, 1.54) is 0 Å². The molecule has 20 heavy (non-hydrogen) atoms. The Kier molecular flexibility index (Phi) is 5.75. The maximum Gasteiger partial charge on any atom is 0.137 e. The van der Waals surface area contributed by atoms with Crippen molar-refractivity contribution in [1.29, 1.82) is 5.26 Å². The van der Waals surface area contributed by atoms with Gasteiger partial charge in [0.25, 0.3) is 0 Å². The number of hydrogen-bond acceptors (Lipinski definition) is 5. The summed E-state index contributed by atoms with van der Waals surface area (Å²) in [6.07, 6.45) is 0.479. The highest BCUT2D eigenvalue weighted by molar-refractivity contribution is 5.56. The molecule has 1 aromatic heterocycles. The Labute approximate surface area is 121 Å². The molecule has 0 spiro atoms. The van der Waals surface area contributed by atoms with Gasteiger partial charge in [0.1, 0.15) is 17.5 Å². The summed E-state index contributed by atoms with van der Waals surface area (Å²) >= 11 is 0. The average molecular weight is 275 g/mol. The molecule has 0 aliphatic heterocycles.